The number of azide groups is 1. The summed E-state index contributed by atoms with van der Waals surface area (Å²) in [7, 11) is -4.99. The molecule has 9 heteroatoms. The number of sulfonamides is 1. The minimum atomic E-state index is -4.99. The highest BCUT2D eigenvalue weighted by Gasteiger charge is 2.41. The second-order valence-corrected chi connectivity index (χ2v) is 4.80. The summed E-state index contributed by atoms with van der Waals surface area (Å²) in [6.45, 7) is 0. The predicted octanol–water partition coefficient (Wildman–Crippen LogP) is 1.61. The van der Waals surface area contributed by atoms with Crippen LogP contribution in [0, 0.1) is 0 Å². The maximum absolute atomic E-state index is 11.8. The van der Waals surface area contributed by atoms with Gasteiger partial charge in [0.2, 0.25) is 0 Å². The molecule has 0 N–H and O–H groups in total. The van der Waals surface area contributed by atoms with Gasteiger partial charge in [-0.25, -0.2) is 8.42 Å². The first kappa shape index (κ1) is 9.85. The van der Waals surface area contributed by atoms with Crippen LogP contribution in [0.1, 0.15) is 0 Å². The molecule has 0 aliphatic carbocycles. The molecule has 58 valence electrons. The monoisotopic (exact) mass is 283 g/mol. The van der Waals surface area contributed by atoms with E-state index in [1.165, 1.54) is 0 Å². The van der Waals surface area contributed by atoms with Crippen LogP contribution in [0.15, 0.2) is 4.52 Å². The van der Waals surface area contributed by atoms with E-state index in [2.05, 4.69) is 0 Å². The maximum atomic E-state index is 11.8. The van der Waals surface area contributed by atoms with E-state index in [-0.39, 0.29) is 0 Å². The van der Waals surface area contributed by atoms with Crippen LogP contribution in [-0.4, -0.2) is 11.7 Å². The van der Waals surface area contributed by atoms with Gasteiger partial charge in [-0.05, 0) is 5.53 Å². The van der Waals surface area contributed by atoms with Crippen LogP contribution in [0.4, 0.5) is 8.78 Å². The summed E-state index contributed by atoms with van der Waals surface area (Å²) in [6.07, 6.45) is 0. The van der Waals surface area contributed by atoms with Crippen LogP contribution in [0.2, 0.25) is 0 Å². The van der Waals surface area contributed by atoms with E-state index in [0.717, 1.165) is 0 Å². The molecule has 0 amide bonds. The Morgan fingerprint density at radius 1 is 1.60 bits per heavy atom. The first-order valence-corrected chi connectivity index (χ1v) is 4.21. The second-order valence-electron chi connectivity index (χ2n) is 1.09. The fourth-order valence-corrected chi connectivity index (χ4v) is 0.547. The van der Waals surface area contributed by atoms with E-state index in [1.54, 1.807) is 4.91 Å². The number of halogens is 3. The molecule has 0 fully saturated rings. The third-order valence-corrected chi connectivity index (χ3v) is 2.98. The van der Waals surface area contributed by atoms with Crippen molar-refractivity contribution >= 4 is 32.6 Å². The van der Waals surface area contributed by atoms with Gasteiger partial charge in [-0.1, -0.05) is 0 Å². The van der Waals surface area contributed by atoms with E-state index < -0.39 is 13.3 Å². The number of nitrogens with zero attached hydrogens (tertiary/aromatic N) is 3. The molecule has 0 spiro atoms. The molecule has 0 aliphatic heterocycles. The molecule has 5 nitrogen and oxygen atoms in total. The molecule has 0 heterocycles. The summed E-state index contributed by atoms with van der Waals surface area (Å²) in [4.78, 5) is 1.73. The Hall–Kier alpha value is -0.150. The second kappa shape index (κ2) is 2.84. The molecule has 0 aromatic rings. The average molecular weight is 283 g/mol. The molecule has 0 saturated carbocycles. The van der Waals surface area contributed by atoms with E-state index >= 15 is 0 Å². The third kappa shape index (κ3) is 2.23. The normalized spacial score (nSPS) is 12.3. The van der Waals surface area contributed by atoms with E-state index in [0.29, 0.717) is 22.6 Å². The lowest BCUT2D eigenvalue weighted by Gasteiger charge is -2.01. The maximum Gasteiger partial charge on any atom is 0.401 e. The molecule has 0 radical (unpaired) electrons. The molecule has 0 aliphatic rings. The fraction of sp³-hybridized carbons (Fsp3) is 1.00. The molecule has 0 unspecified atom stereocenters. The van der Waals surface area contributed by atoms with Crippen molar-refractivity contribution in [3.63, 3.8) is 0 Å². The zero-order valence-corrected chi connectivity index (χ0v) is 7.17. The minimum absolute atomic E-state index is 0.357. The van der Waals surface area contributed by atoms with Gasteiger partial charge in [0.25, 0.3) is 0 Å². The molecule has 0 bridgehead atoms. The Labute approximate surface area is 68.2 Å². The molecule has 0 atom stereocenters. The van der Waals surface area contributed by atoms with Gasteiger partial charge in [-0.2, -0.15) is 8.78 Å². The average Bonchev–Trinajstić information content (AvgIpc) is 1.61. The smallest absolute Gasteiger partial charge is 0.214 e. The Morgan fingerprint density at radius 3 is 2.10 bits per heavy atom. The van der Waals surface area contributed by atoms with Crippen LogP contribution >= 0.6 is 22.6 Å². The fourth-order valence-electron chi connectivity index (χ4n) is 0.0944. The predicted molar refractivity (Wildman–Crippen MR) is 37.0 cm³/mol. The van der Waals surface area contributed by atoms with Crippen molar-refractivity contribution in [3.8, 4) is 0 Å². The van der Waals surface area contributed by atoms with Crippen LogP contribution in [-0.2, 0) is 10.0 Å². The van der Waals surface area contributed by atoms with Gasteiger partial charge in [0.15, 0.2) is 0 Å². The molecular weight excluding hydrogens is 283 g/mol. The Bertz CT molecular complexity index is 261. The Kier molecular flexibility index (Phi) is 2.80. The van der Waals surface area contributed by atoms with Gasteiger partial charge in [-0.3, -0.25) is 0 Å². The summed E-state index contributed by atoms with van der Waals surface area (Å²) >= 11 is 0.357. The Morgan fingerprint density at radius 2 is 2.00 bits per heavy atom. The topological polar surface area (TPSA) is 82.9 Å². The number of alkyl halides is 3. The lowest BCUT2D eigenvalue weighted by Crippen LogP contribution is -2.17. The van der Waals surface area contributed by atoms with Gasteiger partial charge in [0.05, 0.1) is 0 Å². The molecule has 10 heavy (non-hydrogen) atoms. The van der Waals surface area contributed by atoms with E-state index in [1.807, 2.05) is 4.52 Å². The molecule has 0 aromatic carbocycles. The molecule has 0 saturated heterocycles. The summed E-state index contributed by atoms with van der Waals surface area (Å²) in [6, 6.07) is 0. The zero-order valence-electron chi connectivity index (χ0n) is 4.20. The van der Waals surface area contributed by atoms with Gasteiger partial charge in [0.1, 0.15) is 0 Å². The van der Waals surface area contributed by atoms with Gasteiger partial charge >= 0.3 is 13.3 Å². The standard InChI is InChI=1S/CF2IN3O2S/c2-1(3,4)10(8,9)7-6-5. The minimum Gasteiger partial charge on any atom is -0.214 e. The lowest BCUT2D eigenvalue weighted by molar-refractivity contribution is 0.215. The summed E-state index contributed by atoms with van der Waals surface area (Å²) in [5.74, 6) is 0. The molecule has 0 aromatic heterocycles. The summed E-state index contributed by atoms with van der Waals surface area (Å²) in [5, 5.41) is 0. The van der Waals surface area contributed by atoms with Crippen molar-refractivity contribution in [1.29, 1.82) is 0 Å². The number of rotatable bonds is 2. The lowest BCUT2D eigenvalue weighted by atomic mass is 11.7. The zero-order chi connectivity index (χ0) is 8.41. The van der Waals surface area contributed by atoms with E-state index in [9.17, 15) is 17.2 Å². The van der Waals surface area contributed by atoms with Crippen molar-refractivity contribution in [2.75, 3.05) is 0 Å². The van der Waals surface area contributed by atoms with Gasteiger partial charge < -0.3 is 0 Å². The van der Waals surface area contributed by atoms with Crippen molar-refractivity contribution in [3.05, 3.63) is 10.4 Å². The van der Waals surface area contributed by atoms with Crippen molar-refractivity contribution < 1.29 is 17.2 Å². The van der Waals surface area contributed by atoms with Crippen LogP contribution in [0.3, 0.4) is 0 Å². The third-order valence-electron chi connectivity index (χ3n) is 0.436. The molecular formula is CF2IN3O2S. The molecule has 0 rings (SSSR count). The van der Waals surface area contributed by atoms with Crippen LogP contribution in [0.5, 0.6) is 0 Å². The highest BCUT2D eigenvalue weighted by atomic mass is 127. The van der Waals surface area contributed by atoms with Crippen molar-refractivity contribution in [2.45, 2.75) is 3.26 Å². The van der Waals surface area contributed by atoms with Crippen LogP contribution < -0.4 is 0 Å². The summed E-state index contributed by atoms with van der Waals surface area (Å²) < 4.78 is 41.7. The largest absolute Gasteiger partial charge is 0.401 e. The number of hydrogen-bond acceptors (Lipinski definition) is 2. The van der Waals surface area contributed by atoms with E-state index in [4.69, 9.17) is 5.53 Å². The quantitative estimate of drug-likeness (QED) is 0.253. The van der Waals surface area contributed by atoms with Crippen molar-refractivity contribution in [1.82, 2.24) is 0 Å². The number of hydrogen-bond donors (Lipinski definition) is 0. The van der Waals surface area contributed by atoms with Crippen LogP contribution in [0.25, 0.3) is 10.4 Å². The Balaban J connectivity index is 4.97. The highest BCUT2D eigenvalue weighted by molar-refractivity contribution is 14.1. The first-order valence-electron chi connectivity index (χ1n) is 1.69. The van der Waals surface area contributed by atoms with Crippen molar-refractivity contribution in [2.24, 2.45) is 4.52 Å². The highest BCUT2D eigenvalue weighted by Crippen LogP contribution is 2.30. The van der Waals surface area contributed by atoms with Gasteiger partial charge in [-0.15, -0.1) is 0 Å². The van der Waals surface area contributed by atoms with Gasteiger partial charge in [0, 0.05) is 32.0 Å². The first-order chi connectivity index (χ1) is 4.31. The summed E-state index contributed by atoms with van der Waals surface area (Å²) in [5.41, 5.74) is 7.51. The SMILES string of the molecule is [N-]=[N+]=NS(=O)(=O)C(F)(F)I.